The molecule has 6 heteroatoms. The Labute approximate surface area is 130 Å². The fraction of sp³-hybridized carbons (Fsp3) is 0.200. The Hall–Kier alpha value is -1.79. The highest BCUT2D eigenvalue weighted by Gasteiger charge is 2.11. The Morgan fingerprint density at radius 3 is 2.76 bits per heavy atom. The third-order valence-electron chi connectivity index (χ3n) is 3.11. The second-order valence-corrected chi connectivity index (χ2v) is 5.65. The van der Waals surface area contributed by atoms with E-state index in [0.29, 0.717) is 12.1 Å². The number of nitro benzene ring substituents is 1. The summed E-state index contributed by atoms with van der Waals surface area (Å²) in [6.45, 7) is 2.34. The van der Waals surface area contributed by atoms with Crippen LogP contribution in [-0.2, 0) is 6.54 Å². The summed E-state index contributed by atoms with van der Waals surface area (Å²) in [4.78, 5) is 10.1. The molecule has 2 rings (SSSR count). The summed E-state index contributed by atoms with van der Waals surface area (Å²) in [6, 6.07) is 11.5. The van der Waals surface area contributed by atoms with E-state index in [0.717, 1.165) is 16.1 Å². The number of nitro groups is 1. The van der Waals surface area contributed by atoms with Crippen LogP contribution in [0.3, 0.4) is 0 Å². The molecule has 4 nitrogen and oxygen atoms in total. The van der Waals surface area contributed by atoms with Crippen molar-refractivity contribution < 1.29 is 9.31 Å². The average Bonchev–Trinajstić information content (AvgIpc) is 2.44. The average molecular weight is 353 g/mol. The van der Waals surface area contributed by atoms with E-state index < -0.39 is 10.7 Å². The van der Waals surface area contributed by atoms with E-state index in [1.54, 1.807) is 0 Å². The van der Waals surface area contributed by atoms with Gasteiger partial charge in [0.1, 0.15) is 5.82 Å². The van der Waals surface area contributed by atoms with E-state index in [2.05, 4.69) is 21.2 Å². The number of rotatable bonds is 5. The van der Waals surface area contributed by atoms with Gasteiger partial charge in [-0.2, -0.15) is 0 Å². The molecule has 1 atom stereocenters. The maximum atomic E-state index is 13.3. The molecule has 0 aromatic heterocycles. The van der Waals surface area contributed by atoms with E-state index in [1.165, 1.54) is 12.1 Å². The minimum atomic E-state index is -0.601. The topological polar surface area (TPSA) is 55.2 Å². The van der Waals surface area contributed by atoms with E-state index in [1.807, 2.05) is 31.2 Å². The molecule has 0 saturated carbocycles. The minimum absolute atomic E-state index is 0.0461. The van der Waals surface area contributed by atoms with Crippen LogP contribution >= 0.6 is 15.9 Å². The van der Waals surface area contributed by atoms with Gasteiger partial charge in [-0.15, -0.1) is 0 Å². The van der Waals surface area contributed by atoms with Gasteiger partial charge in [0.05, 0.1) is 11.0 Å². The number of halogens is 2. The quantitative estimate of drug-likeness (QED) is 0.642. The van der Waals surface area contributed by atoms with Crippen molar-refractivity contribution in [3.05, 3.63) is 74.0 Å². The zero-order chi connectivity index (χ0) is 15.4. The van der Waals surface area contributed by atoms with Gasteiger partial charge in [0.2, 0.25) is 0 Å². The Morgan fingerprint density at radius 1 is 1.33 bits per heavy atom. The molecule has 0 spiro atoms. The molecule has 0 amide bonds. The van der Waals surface area contributed by atoms with Crippen molar-refractivity contribution in [3.8, 4) is 0 Å². The second-order valence-electron chi connectivity index (χ2n) is 4.73. The van der Waals surface area contributed by atoms with Gasteiger partial charge in [-0.25, -0.2) is 4.39 Å². The fourth-order valence-corrected chi connectivity index (χ4v) is 2.42. The standard InChI is InChI=1S/C15H14BrFN2O2/c1-10(12-3-2-4-13(16)7-12)18-9-11-5-14(17)8-15(6-11)19(20)21/h2-8,10,18H,9H2,1H3/t10-/m1/s1. The highest BCUT2D eigenvalue weighted by molar-refractivity contribution is 9.10. The molecule has 0 saturated heterocycles. The van der Waals surface area contributed by atoms with Gasteiger partial charge in [-0.3, -0.25) is 10.1 Å². The van der Waals surface area contributed by atoms with Crippen molar-refractivity contribution in [1.82, 2.24) is 5.32 Å². The number of benzene rings is 2. The van der Waals surface area contributed by atoms with E-state index in [-0.39, 0.29) is 11.7 Å². The van der Waals surface area contributed by atoms with Gasteiger partial charge >= 0.3 is 0 Å². The Kier molecular flexibility index (Phi) is 5.03. The smallest absolute Gasteiger partial charge is 0.272 e. The molecule has 2 aromatic rings. The van der Waals surface area contributed by atoms with Crippen LogP contribution in [0.15, 0.2) is 46.9 Å². The van der Waals surface area contributed by atoms with Gasteiger partial charge in [0.15, 0.2) is 0 Å². The fourth-order valence-electron chi connectivity index (χ4n) is 2.01. The molecule has 0 unspecified atom stereocenters. The molecule has 0 aliphatic rings. The number of non-ortho nitro benzene ring substituents is 1. The van der Waals surface area contributed by atoms with Crippen LogP contribution < -0.4 is 5.32 Å². The highest BCUT2D eigenvalue weighted by atomic mass is 79.9. The second kappa shape index (κ2) is 6.78. The molecule has 0 aliphatic carbocycles. The predicted octanol–water partition coefficient (Wildman–Crippen LogP) is 4.35. The lowest BCUT2D eigenvalue weighted by molar-refractivity contribution is -0.385. The Bertz CT molecular complexity index is 664. The molecule has 0 heterocycles. The summed E-state index contributed by atoms with van der Waals surface area (Å²) in [6.07, 6.45) is 0. The Balaban J connectivity index is 2.07. The van der Waals surface area contributed by atoms with Crippen LogP contribution in [0.5, 0.6) is 0 Å². The largest absolute Gasteiger partial charge is 0.306 e. The van der Waals surface area contributed by atoms with Crippen molar-refractivity contribution in [1.29, 1.82) is 0 Å². The normalized spacial score (nSPS) is 12.1. The summed E-state index contributed by atoms with van der Waals surface area (Å²) in [5.74, 6) is -0.601. The van der Waals surface area contributed by atoms with Crippen molar-refractivity contribution in [3.63, 3.8) is 0 Å². The predicted molar refractivity (Wildman–Crippen MR) is 82.5 cm³/mol. The highest BCUT2D eigenvalue weighted by Crippen LogP contribution is 2.20. The molecule has 0 aliphatic heterocycles. The molecule has 0 bridgehead atoms. The number of hydrogen-bond donors (Lipinski definition) is 1. The van der Waals surface area contributed by atoms with Crippen LogP contribution in [-0.4, -0.2) is 4.92 Å². The molecular weight excluding hydrogens is 339 g/mol. The lowest BCUT2D eigenvalue weighted by Gasteiger charge is -2.14. The first kappa shape index (κ1) is 15.6. The van der Waals surface area contributed by atoms with Gasteiger partial charge in [0.25, 0.3) is 5.69 Å². The van der Waals surface area contributed by atoms with Crippen LogP contribution in [0.1, 0.15) is 24.1 Å². The van der Waals surface area contributed by atoms with Gasteiger partial charge in [-0.1, -0.05) is 28.1 Å². The molecule has 0 radical (unpaired) electrons. The van der Waals surface area contributed by atoms with E-state index >= 15 is 0 Å². The summed E-state index contributed by atoms with van der Waals surface area (Å²) in [5, 5.41) is 13.9. The van der Waals surface area contributed by atoms with Gasteiger partial charge in [-0.05, 0) is 36.2 Å². The monoisotopic (exact) mass is 352 g/mol. The zero-order valence-corrected chi connectivity index (χ0v) is 12.9. The van der Waals surface area contributed by atoms with Crippen molar-refractivity contribution in [2.75, 3.05) is 0 Å². The van der Waals surface area contributed by atoms with Crippen molar-refractivity contribution in [2.24, 2.45) is 0 Å². The molecular formula is C15H14BrFN2O2. The van der Waals surface area contributed by atoms with Gasteiger partial charge in [0, 0.05) is 23.1 Å². The lowest BCUT2D eigenvalue weighted by Crippen LogP contribution is -2.18. The zero-order valence-electron chi connectivity index (χ0n) is 11.3. The first-order valence-corrected chi connectivity index (χ1v) is 7.17. The van der Waals surface area contributed by atoms with Crippen LogP contribution in [0, 0.1) is 15.9 Å². The van der Waals surface area contributed by atoms with Crippen molar-refractivity contribution >= 4 is 21.6 Å². The molecule has 1 N–H and O–H groups in total. The SMILES string of the molecule is C[C@@H](NCc1cc(F)cc([N+](=O)[O-])c1)c1cccc(Br)c1. The Morgan fingerprint density at radius 2 is 2.10 bits per heavy atom. The summed E-state index contributed by atoms with van der Waals surface area (Å²) >= 11 is 3.41. The van der Waals surface area contributed by atoms with Crippen LogP contribution in [0.2, 0.25) is 0 Å². The number of nitrogens with one attached hydrogen (secondary N) is 1. The first-order valence-electron chi connectivity index (χ1n) is 6.38. The maximum Gasteiger partial charge on any atom is 0.272 e. The third-order valence-corrected chi connectivity index (χ3v) is 3.61. The lowest BCUT2D eigenvalue weighted by atomic mass is 10.1. The van der Waals surface area contributed by atoms with E-state index in [4.69, 9.17) is 0 Å². The molecule has 2 aromatic carbocycles. The molecule has 110 valence electrons. The summed E-state index contributed by atoms with van der Waals surface area (Å²) < 4.78 is 14.3. The maximum absolute atomic E-state index is 13.3. The summed E-state index contributed by atoms with van der Waals surface area (Å²) in [7, 11) is 0. The number of nitrogens with zero attached hydrogens (tertiary/aromatic N) is 1. The van der Waals surface area contributed by atoms with E-state index in [9.17, 15) is 14.5 Å². The third kappa shape index (κ3) is 4.34. The van der Waals surface area contributed by atoms with Gasteiger partial charge < -0.3 is 5.32 Å². The summed E-state index contributed by atoms with van der Waals surface area (Å²) in [5.41, 5.74) is 1.39. The van der Waals surface area contributed by atoms with Crippen molar-refractivity contribution in [2.45, 2.75) is 19.5 Å². The molecule has 0 fully saturated rings. The number of hydrogen-bond acceptors (Lipinski definition) is 3. The molecule has 21 heavy (non-hydrogen) atoms. The first-order chi connectivity index (χ1) is 9.95. The van der Waals surface area contributed by atoms with Crippen LogP contribution in [0.25, 0.3) is 0 Å². The minimum Gasteiger partial charge on any atom is -0.306 e. The van der Waals surface area contributed by atoms with Crippen LogP contribution in [0.4, 0.5) is 10.1 Å².